The molecule has 1 aliphatic rings. The molecule has 0 radical (unpaired) electrons. The lowest BCUT2D eigenvalue weighted by atomic mass is 10.1. The smallest absolute Gasteiger partial charge is 0.413 e. The van der Waals surface area contributed by atoms with Crippen LogP contribution in [0.4, 0.5) is 10.6 Å². The van der Waals surface area contributed by atoms with E-state index in [9.17, 15) is 19.8 Å². The maximum absolute atomic E-state index is 12.0. The number of aliphatic hydroxyl groups excluding tert-OH is 3. The lowest BCUT2D eigenvalue weighted by Gasteiger charge is -2.17. The first-order valence-corrected chi connectivity index (χ1v) is 6.74. The molecule has 1 aliphatic heterocycles. The second-order valence-electron chi connectivity index (χ2n) is 4.74. The van der Waals surface area contributed by atoms with Gasteiger partial charge >= 0.3 is 11.8 Å². The molecule has 1 unspecified atom stereocenters. The number of rotatable bonds is 5. The summed E-state index contributed by atoms with van der Waals surface area (Å²) in [6.45, 7) is 2.88. The Labute approximate surface area is 130 Å². The van der Waals surface area contributed by atoms with Crippen molar-refractivity contribution in [1.82, 2.24) is 9.55 Å². The van der Waals surface area contributed by atoms with Gasteiger partial charge < -0.3 is 24.8 Å². The molecule has 1 saturated heterocycles. The highest BCUT2D eigenvalue weighted by atomic mass is 16.6. The lowest BCUT2D eigenvalue weighted by Crippen LogP contribution is -2.36. The topological polar surface area (TPSA) is 143 Å². The number of nitrogens with zero attached hydrogens (tertiary/aromatic N) is 2. The average Bonchev–Trinajstić information content (AvgIpc) is 2.81. The molecule has 0 aromatic carbocycles. The Morgan fingerprint density at radius 1 is 1.52 bits per heavy atom. The van der Waals surface area contributed by atoms with E-state index in [0.717, 1.165) is 4.57 Å². The van der Waals surface area contributed by atoms with Gasteiger partial charge in [0.15, 0.2) is 6.23 Å². The predicted octanol–water partition coefficient (Wildman–Crippen LogP) is -1.41. The van der Waals surface area contributed by atoms with Crippen molar-refractivity contribution in [3.63, 3.8) is 0 Å². The van der Waals surface area contributed by atoms with Gasteiger partial charge in [0, 0.05) is 6.20 Å². The summed E-state index contributed by atoms with van der Waals surface area (Å²) in [5.41, 5.74) is -0.818. The summed E-state index contributed by atoms with van der Waals surface area (Å²) in [5, 5.41) is 30.8. The van der Waals surface area contributed by atoms with E-state index in [0.29, 0.717) is 0 Å². The molecule has 0 spiro atoms. The van der Waals surface area contributed by atoms with Gasteiger partial charge in [0.1, 0.15) is 30.7 Å². The van der Waals surface area contributed by atoms with Crippen molar-refractivity contribution in [3.8, 4) is 0 Å². The predicted molar refractivity (Wildman–Crippen MR) is 76.7 cm³/mol. The Kier molecular flexibility index (Phi) is 5.45. The molecule has 1 amide bonds. The molecule has 1 aromatic rings. The molecule has 0 aliphatic carbocycles. The lowest BCUT2D eigenvalue weighted by molar-refractivity contribution is -0.0549. The zero-order valence-corrected chi connectivity index (χ0v) is 12.0. The zero-order valence-electron chi connectivity index (χ0n) is 12.0. The molecule has 1 aromatic heterocycles. The van der Waals surface area contributed by atoms with Gasteiger partial charge in [0.05, 0.1) is 6.61 Å². The Hall–Kier alpha value is -2.27. The van der Waals surface area contributed by atoms with Gasteiger partial charge in [-0.25, -0.2) is 9.59 Å². The summed E-state index contributed by atoms with van der Waals surface area (Å²) in [6.07, 6.45) is -3.11. The number of carbonyl (C=O) groups is 1. The minimum absolute atomic E-state index is 0.00540. The van der Waals surface area contributed by atoms with E-state index in [1.54, 1.807) is 0 Å². The van der Waals surface area contributed by atoms with Gasteiger partial charge in [-0.05, 0) is 6.07 Å². The summed E-state index contributed by atoms with van der Waals surface area (Å²) in [5.74, 6) is -0.0490. The first kappa shape index (κ1) is 17.1. The number of nitrogens with one attached hydrogen (secondary N) is 1. The molecule has 2 rings (SSSR count). The van der Waals surface area contributed by atoms with Gasteiger partial charge in [-0.1, -0.05) is 12.7 Å². The van der Waals surface area contributed by atoms with Crippen molar-refractivity contribution in [2.24, 2.45) is 0 Å². The van der Waals surface area contributed by atoms with Crippen molar-refractivity contribution in [3.05, 3.63) is 35.4 Å². The van der Waals surface area contributed by atoms with Crippen molar-refractivity contribution < 1.29 is 29.6 Å². The van der Waals surface area contributed by atoms with Crippen LogP contribution in [0.25, 0.3) is 0 Å². The normalized spacial score (nSPS) is 26.7. The number of carbonyl (C=O) groups excluding carboxylic acids is 1. The first-order valence-electron chi connectivity index (χ1n) is 6.74. The van der Waals surface area contributed by atoms with Gasteiger partial charge in [0.25, 0.3) is 0 Å². The molecule has 23 heavy (non-hydrogen) atoms. The number of amides is 1. The molecule has 4 N–H and O–H groups in total. The van der Waals surface area contributed by atoms with Gasteiger partial charge in [0.2, 0.25) is 0 Å². The van der Waals surface area contributed by atoms with Crippen LogP contribution < -0.4 is 11.0 Å². The van der Waals surface area contributed by atoms with Crippen LogP contribution in [-0.2, 0) is 9.47 Å². The molecule has 10 nitrogen and oxygen atoms in total. The van der Waals surface area contributed by atoms with E-state index >= 15 is 0 Å². The van der Waals surface area contributed by atoms with Crippen LogP contribution in [-0.4, -0.2) is 62.5 Å². The highest BCUT2D eigenvalue weighted by Crippen LogP contribution is 2.28. The van der Waals surface area contributed by atoms with E-state index in [2.05, 4.69) is 21.6 Å². The SMILES string of the molecule is C=CCOC(=O)Nc1ccn([C@@H]2O[C@H](CO)C(O)[C@@H]2O)c(=O)n1. The number of hydrogen-bond donors (Lipinski definition) is 4. The van der Waals surface area contributed by atoms with Crippen LogP contribution in [0.1, 0.15) is 6.23 Å². The molecule has 10 heteroatoms. The maximum atomic E-state index is 12.0. The minimum atomic E-state index is -1.40. The third kappa shape index (κ3) is 3.74. The summed E-state index contributed by atoms with van der Waals surface area (Å²) < 4.78 is 10.9. The zero-order chi connectivity index (χ0) is 17.0. The highest BCUT2D eigenvalue weighted by molar-refractivity contribution is 5.83. The number of aromatic nitrogens is 2. The monoisotopic (exact) mass is 327 g/mol. The van der Waals surface area contributed by atoms with Gasteiger partial charge in [-0.15, -0.1) is 0 Å². The Bertz CT molecular complexity index is 632. The molecule has 4 atom stereocenters. The van der Waals surface area contributed by atoms with E-state index in [1.165, 1.54) is 18.3 Å². The van der Waals surface area contributed by atoms with Crippen molar-refractivity contribution in [1.29, 1.82) is 0 Å². The van der Waals surface area contributed by atoms with Gasteiger partial charge in [-0.3, -0.25) is 9.88 Å². The molecule has 126 valence electrons. The third-order valence-electron chi connectivity index (χ3n) is 3.18. The molecule has 0 saturated carbocycles. The maximum Gasteiger partial charge on any atom is 0.413 e. The standard InChI is InChI=1S/C13H17N3O7/c1-2-5-22-13(21)15-8-3-4-16(12(20)14-8)11-10(19)9(18)7(6-17)23-11/h2-4,7,9-11,17-19H,1,5-6H2,(H,14,15,20,21)/t7-,9?,10+,11-/m1/s1. The van der Waals surface area contributed by atoms with Crippen LogP contribution in [0, 0.1) is 0 Å². The fraction of sp³-hybridized carbons (Fsp3) is 0.462. The largest absolute Gasteiger partial charge is 0.445 e. The third-order valence-corrected chi connectivity index (χ3v) is 3.18. The Morgan fingerprint density at radius 2 is 2.26 bits per heavy atom. The van der Waals surface area contributed by atoms with Crippen molar-refractivity contribution >= 4 is 11.9 Å². The quantitative estimate of drug-likeness (QED) is 0.483. The van der Waals surface area contributed by atoms with Crippen LogP contribution in [0.3, 0.4) is 0 Å². The highest BCUT2D eigenvalue weighted by Gasteiger charge is 2.43. The van der Waals surface area contributed by atoms with E-state index in [-0.39, 0.29) is 12.4 Å². The molecule has 0 bridgehead atoms. The molecule has 1 fully saturated rings. The number of ether oxygens (including phenoxy) is 2. The summed E-state index contributed by atoms with van der Waals surface area (Å²) in [7, 11) is 0. The number of hydrogen-bond acceptors (Lipinski definition) is 8. The second kappa shape index (κ2) is 7.33. The van der Waals surface area contributed by atoms with Crippen molar-refractivity contribution in [2.75, 3.05) is 18.5 Å². The fourth-order valence-corrected chi connectivity index (χ4v) is 2.06. The minimum Gasteiger partial charge on any atom is -0.445 e. The average molecular weight is 327 g/mol. The molecular weight excluding hydrogens is 310 g/mol. The second-order valence-corrected chi connectivity index (χ2v) is 4.74. The fourth-order valence-electron chi connectivity index (χ4n) is 2.06. The molecule has 2 heterocycles. The van der Waals surface area contributed by atoms with E-state index < -0.39 is 42.9 Å². The summed E-state index contributed by atoms with van der Waals surface area (Å²) >= 11 is 0. The Balaban J connectivity index is 2.12. The Morgan fingerprint density at radius 3 is 2.83 bits per heavy atom. The van der Waals surface area contributed by atoms with Crippen LogP contribution >= 0.6 is 0 Å². The first-order chi connectivity index (χ1) is 11.0. The summed E-state index contributed by atoms with van der Waals surface area (Å²) in [4.78, 5) is 26.9. The van der Waals surface area contributed by atoms with E-state index in [1.807, 2.05) is 0 Å². The van der Waals surface area contributed by atoms with Crippen LogP contribution in [0.2, 0.25) is 0 Å². The van der Waals surface area contributed by atoms with E-state index in [4.69, 9.17) is 9.84 Å². The van der Waals surface area contributed by atoms with Crippen LogP contribution in [0.15, 0.2) is 29.7 Å². The summed E-state index contributed by atoms with van der Waals surface area (Å²) in [6, 6.07) is 1.30. The number of aliphatic hydroxyl groups is 3. The number of anilines is 1. The van der Waals surface area contributed by atoms with Crippen LogP contribution in [0.5, 0.6) is 0 Å². The van der Waals surface area contributed by atoms with Gasteiger partial charge in [-0.2, -0.15) is 4.98 Å². The van der Waals surface area contributed by atoms with Crippen molar-refractivity contribution in [2.45, 2.75) is 24.5 Å². The molecular formula is C13H17N3O7.